The van der Waals surface area contributed by atoms with Crippen molar-refractivity contribution in [2.75, 3.05) is 23.8 Å². The van der Waals surface area contributed by atoms with E-state index in [1.807, 2.05) is 30.0 Å². The van der Waals surface area contributed by atoms with Crippen LogP contribution >= 0.6 is 23.4 Å². The first-order chi connectivity index (χ1) is 7.66. The molecule has 2 atom stereocenters. The second kappa shape index (κ2) is 3.56. The number of anilines is 1. The minimum absolute atomic E-state index is 0.277. The van der Waals surface area contributed by atoms with Crippen molar-refractivity contribution in [2.24, 2.45) is 0 Å². The summed E-state index contributed by atoms with van der Waals surface area (Å²) in [4.78, 5) is 2.24. The maximum absolute atomic E-state index is 6.59. The zero-order chi connectivity index (χ0) is 11.2. The van der Waals surface area contributed by atoms with E-state index in [4.69, 9.17) is 16.3 Å². The number of para-hydroxylation sites is 1. The summed E-state index contributed by atoms with van der Waals surface area (Å²) in [7, 11) is 0. The van der Waals surface area contributed by atoms with Crippen molar-refractivity contribution in [2.45, 2.75) is 16.9 Å². The number of nitrogens with zero attached hydrogens (tertiary/aromatic N) is 1. The van der Waals surface area contributed by atoms with Crippen molar-refractivity contribution in [3.05, 3.63) is 30.3 Å². The highest BCUT2D eigenvalue weighted by atomic mass is 35.5. The number of rotatable bonds is 1. The van der Waals surface area contributed by atoms with Crippen LogP contribution in [0.15, 0.2) is 30.3 Å². The largest absolute Gasteiger partial charge is 0.352 e. The third-order valence-corrected chi connectivity index (χ3v) is 5.57. The van der Waals surface area contributed by atoms with Crippen LogP contribution in [0.5, 0.6) is 0 Å². The fourth-order valence-electron chi connectivity index (χ4n) is 2.37. The highest BCUT2D eigenvalue weighted by molar-refractivity contribution is 8.02. The molecule has 0 aromatic heterocycles. The van der Waals surface area contributed by atoms with Crippen LogP contribution in [0.1, 0.15) is 6.92 Å². The minimum Gasteiger partial charge on any atom is -0.352 e. The van der Waals surface area contributed by atoms with Crippen LogP contribution in [0, 0.1) is 0 Å². The Morgan fingerprint density at radius 1 is 1.38 bits per heavy atom. The third kappa shape index (κ3) is 1.31. The number of ether oxygens (including phenoxy) is 1. The summed E-state index contributed by atoms with van der Waals surface area (Å²) in [6, 6.07) is 10.3. The van der Waals surface area contributed by atoms with Gasteiger partial charge in [-0.1, -0.05) is 18.2 Å². The van der Waals surface area contributed by atoms with E-state index in [1.54, 1.807) is 0 Å². The molecule has 3 rings (SSSR count). The molecule has 0 aliphatic carbocycles. The number of thioether (sulfide) groups is 1. The molecule has 0 amide bonds. The molecule has 2 heterocycles. The maximum Gasteiger partial charge on any atom is 0.168 e. The number of fused-ring (bicyclic) bond motifs is 1. The Morgan fingerprint density at radius 3 is 2.81 bits per heavy atom. The van der Waals surface area contributed by atoms with E-state index in [0.717, 1.165) is 18.9 Å². The molecule has 0 unspecified atom stereocenters. The highest BCUT2D eigenvalue weighted by Crippen LogP contribution is 2.56. The van der Waals surface area contributed by atoms with Crippen molar-refractivity contribution in [3.63, 3.8) is 0 Å². The molecule has 16 heavy (non-hydrogen) atoms. The molecule has 2 fully saturated rings. The van der Waals surface area contributed by atoms with Gasteiger partial charge in [0.25, 0.3) is 0 Å². The summed E-state index contributed by atoms with van der Waals surface area (Å²) in [5.41, 5.74) is 0.822. The van der Waals surface area contributed by atoms with Gasteiger partial charge in [-0.3, -0.25) is 0 Å². The van der Waals surface area contributed by atoms with Crippen LogP contribution < -0.4 is 4.90 Å². The summed E-state index contributed by atoms with van der Waals surface area (Å²) in [6.45, 7) is 3.71. The standard InChI is InChI=1S/C12H14ClNOS/c1-11-12(13,16-8-7-15-11)9-14(11)10-5-3-2-4-6-10/h2-6H,7-9H2,1H3/t11-,12-/m1/s1. The zero-order valence-corrected chi connectivity index (χ0v) is 10.7. The monoisotopic (exact) mass is 255 g/mol. The Kier molecular flexibility index (Phi) is 2.39. The fourth-order valence-corrected chi connectivity index (χ4v) is 4.02. The molecule has 1 aromatic rings. The lowest BCUT2D eigenvalue weighted by Gasteiger charge is -2.63. The van der Waals surface area contributed by atoms with Gasteiger partial charge in [-0.25, -0.2) is 0 Å². The lowest BCUT2D eigenvalue weighted by Crippen LogP contribution is -2.76. The molecular weight excluding hydrogens is 242 g/mol. The van der Waals surface area contributed by atoms with E-state index in [0.29, 0.717) is 0 Å². The van der Waals surface area contributed by atoms with Crippen LogP contribution in [0.4, 0.5) is 5.69 Å². The lowest BCUT2D eigenvalue weighted by molar-refractivity contribution is -0.0781. The minimum atomic E-state index is -0.362. The Hall–Kier alpha value is -0.380. The van der Waals surface area contributed by atoms with Crippen molar-refractivity contribution in [1.29, 1.82) is 0 Å². The molecule has 0 radical (unpaired) electrons. The van der Waals surface area contributed by atoms with Crippen LogP contribution in [-0.2, 0) is 4.74 Å². The van der Waals surface area contributed by atoms with Crippen molar-refractivity contribution in [3.8, 4) is 0 Å². The first-order valence-electron chi connectivity index (χ1n) is 5.45. The predicted octanol–water partition coefficient (Wildman–Crippen LogP) is 2.92. The van der Waals surface area contributed by atoms with Gasteiger partial charge in [0.15, 0.2) is 9.93 Å². The van der Waals surface area contributed by atoms with E-state index in [1.165, 1.54) is 5.69 Å². The SMILES string of the molecule is C[C@@]12OCCS[C@]1(Cl)CN2c1ccccc1. The van der Waals surface area contributed by atoms with Gasteiger partial charge in [0.05, 0.1) is 13.2 Å². The summed E-state index contributed by atoms with van der Waals surface area (Å²) in [5, 5.41) is 0. The van der Waals surface area contributed by atoms with Crippen LogP contribution in [0.2, 0.25) is 0 Å². The predicted molar refractivity (Wildman–Crippen MR) is 69.2 cm³/mol. The molecule has 2 nitrogen and oxygen atoms in total. The third-order valence-electron chi connectivity index (χ3n) is 3.43. The first kappa shape index (κ1) is 10.8. The molecule has 2 aliphatic heterocycles. The Balaban J connectivity index is 1.91. The molecule has 86 valence electrons. The van der Waals surface area contributed by atoms with E-state index in [-0.39, 0.29) is 9.93 Å². The molecular formula is C12H14ClNOS. The number of alkyl halides is 1. The van der Waals surface area contributed by atoms with Gasteiger partial charge in [-0.2, -0.15) is 0 Å². The highest BCUT2D eigenvalue weighted by Gasteiger charge is 2.64. The van der Waals surface area contributed by atoms with Crippen LogP contribution in [-0.4, -0.2) is 28.8 Å². The topological polar surface area (TPSA) is 12.5 Å². The normalized spacial score (nSPS) is 37.8. The number of hydrogen-bond acceptors (Lipinski definition) is 3. The average molecular weight is 256 g/mol. The average Bonchev–Trinajstić information content (AvgIpc) is 2.31. The lowest BCUT2D eigenvalue weighted by atomic mass is 9.96. The second-order valence-electron chi connectivity index (χ2n) is 4.33. The van der Waals surface area contributed by atoms with Gasteiger partial charge < -0.3 is 9.64 Å². The molecule has 0 bridgehead atoms. The molecule has 0 spiro atoms. The molecule has 0 N–H and O–H groups in total. The van der Waals surface area contributed by atoms with E-state index >= 15 is 0 Å². The van der Waals surface area contributed by atoms with Gasteiger partial charge in [0, 0.05) is 11.4 Å². The zero-order valence-electron chi connectivity index (χ0n) is 9.15. The van der Waals surface area contributed by atoms with Crippen molar-refractivity contribution < 1.29 is 4.74 Å². The van der Waals surface area contributed by atoms with Crippen LogP contribution in [0.3, 0.4) is 0 Å². The van der Waals surface area contributed by atoms with Gasteiger partial charge in [0.1, 0.15) is 0 Å². The van der Waals surface area contributed by atoms with E-state index in [9.17, 15) is 0 Å². The molecule has 2 saturated heterocycles. The molecule has 1 aromatic carbocycles. The quantitative estimate of drug-likeness (QED) is 0.716. The summed E-state index contributed by atoms with van der Waals surface area (Å²) >= 11 is 8.40. The Morgan fingerprint density at radius 2 is 2.12 bits per heavy atom. The maximum atomic E-state index is 6.59. The Labute approximate surface area is 105 Å². The number of hydrogen-bond donors (Lipinski definition) is 0. The van der Waals surface area contributed by atoms with Gasteiger partial charge in [-0.05, 0) is 19.1 Å². The first-order valence-corrected chi connectivity index (χ1v) is 6.82. The van der Waals surface area contributed by atoms with Crippen molar-refractivity contribution >= 4 is 29.1 Å². The van der Waals surface area contributed by atoms with E-state index in [2.05, 4.69) is 24.0 Å². The smallest absolute Gasteiger partial charge is 0.168 e. The van der Waals surface area contributed by atoms with Crippen LogP contribution in [0.25, 0.3) is 0 Å². The Bertz CT molecular complexity index is 401. The summed E-state index contributed by atoms with van der Waals surface area (Å²) < 4.78 is 5.63. The van der Waals surface area contributed by atoms with Gasteiger partial charge in [-0.15, -0.1) is 23.4 Å². The van der Waals surface area contributed by atoms with Gasteiger partial charge >= 0.3 is 0 Å². The second-order valence-corrected chi connectivity index (χ2v) is 6.59. The van der Waals surface area contributed by atoms with E-state index < -0.39 is 0 Å². The summed E-state index contributed by atoms with van der Waals surface area (Å²) in [6.07, 6.45) is 0. The number of halogens is 1. The molecule has 2 aliphatic rings. The molecule has 0 saturated carbocycles. The fraction of sp³-hybridized carbons (Fsp3) is 0.500. The molecule has 4 heteroatoms. The van der Waals surface area contributed by atoms with Gasteiger partial charge in [0.2, 0.25) is 0 Å². The number of benzene rings is 1. The summed E-state index contributed by atoms with van der Waals surface area (Å²) in [5.74, 6) is 0.988. The van der Waals surface area contributed by atoms with Crippen molar-refractivity contribution in [1.82, 2.24) is 0 Å².